The summed E-state index contributed by atoms with van der Waals surface area (Å²) in [6.45, 7) is 2.40. The van der Waals surface area contributed by atoms with Gasteiger partial charge in [-0.1, -0.05) is 37.6 Å². The first-order chi connectivity index (χ1) is 12.1. The Labute approximate surface area is 149 Å². The van der Waals surface area contributed by atoms with E-state index in [1.807, 2.05) is 12.1 Å². The Bertz CT molecular complexity index is 714. The molecular formula is C23H26F2. The lowest BCUT2D eigenvalue weighted by Crippen LogP contribution is -2.29. The molecule has 0 aliphatic heterocycles. The minimum atomic E-state index is -0.524. The van der Waals surface area contributed by atoms with Gasteiger partial charge in [-0.15, -0.1) is 0 Å². The number of rotatable bonds is 2. The predicted molar refractivity (Wildman–Crippen MR) is 98.4 cm³/mol. The van der Waals surface area contributed by atoms with E-state index in [1.165, 1.54) is 56.2 Å². The molecule has 2 aromatic rings. The van der Waals surface area contributed by atoms with Gasteiger partial charge in [0.05, 0.1) is 0 Å². The normalized spacial score (nSPS) is 29.2. The summed E-state index contributed by atoms with van der Waals surface area (Å²) in [5.41, 5.74) is 2.87. The molecule has 4 atom stereocenters. The van der Waals surface area contributed by atoms with Gasteiger partial charge in [0.2, 0.25) is 0 Å². The van der Waals surface area contributed by atoms with Crippen LogP contribution in [0.3, 0.4) is 0 Å². The van der Waals surface area contributed by atoms with Crippen molar-refractivity contribution in [3.8, 4) is 11.1 Å². The molecule has 2 saturated carbocycles. The van der Waals surface area contributed by atoms with Crippen molar-refractivity contribution in [2.45, 2.75) is 51.4 Å². The lowest BCUT2D eigenvalue weighted by atomic mass is 9.64. The van der Waals surface area contributed by atoms with Gasteiger partial charge in [0.1, 0.15) is 11.6 Å². The zero-order valence-electron chi connectivity index (χ0n) is 14.8. The molecule has 0 nitrogen and oxygen atoms in total. The molecule has 2 aromatic carbocycles. The predicted octanol–water partition coefficient (Wildman–Crippen LogP) is 6.95. The SMILES string of the molecule is CC1CCC2CC(c3ccc(-c4cc(F)cc(F)c4)cc3)CCC2C1. The second-order valence-corrected chi connectivity index (χ2v) is 8.23. The summed E-state index contributed by atoms with van der Waals surface area (Å²) in [5.74, 6) is 2.34. The number of fused-ring (bicyclic) bond motifs is 1. The summed E-state index contributed by atoms with van der Waals surface area (Å²) in [6, 6.07) is 12.1. The third-order valence-corrected chi connectivity index (χ3v) is 6.45. The number of hydrogen-bond donors (Lipinski definition) is 0. The highest BCUT2D eigenvalue weighted by Gasteiger charge is 2.34. The van der Waals surface area contributed by atoms with Crippen LogP contribution in [0.4, 0.5) is 8.78 Å². The van der Waals surface area contributed by atoms with Crippen LogP contribution >= 0.6 is 0 Å². The van der Waals surface area contributed by atoms with Crippen molar-refractivity contribution in [1.82, 2.24) is 0 Å². The molecule has 25 heavy (non-hydrogen) atoms. The maximum Gasteiger partial charge on any atom is 0.126 e. The van der Waals surface area contributed by atoms with Crippen molar-refractivity contribution in [1.29, 1.82) is 0 Å². The van der Waals surface area contributed by atoms with Gasteiger partial charge in [0, 0.05) is 6.07 Å². The Kier molecular flexibility index (Phi) is 4.62. The van der Waals surface area contributed by atoms with Crippen LogP contribution < -0.4 is 0 Å². The van der Waals surface area contributed by atoms with E-state index in [1.54, 1.807) is 0 Å². The van der Waals surface area contributed by atoms with Crippen LogP contribution in [0.2, 0.25) is 0 Å². The highest BCUT2D eigenvalue weighted by molar-refractivity contribution is 5.63. The first-order valence-electron chi connectivity index (χ1n) is 9.65. The molecule has 0 N–H and O–H groups in total. The topological polar surface area (TPSA) is 0 Å². The molecule has 0 amide bonds. The van der Waals surface area contributed by atoms with E-state index in [9.17, 15) is 8.78 Å². The average molecular weight is 340 g/mol. The van der Waals surface area contributed by atoms with E-state index < -0.39 is 11.6 Å². The Balaban J connectivity index is 1.49. The molecule has 0 saturated heterocycles. The standard InChI is InChI=1S/C23H26F2/c1-15-2-3-20-11-19(9-8-18(20)10-15)16-4-6-17(7-5-16)21-12-22(24)14-23(25)13-21/h4-7,12-15,18-20H,2-3,8-11H2,1H3. The van der Waals surface area contributed by atoms with Crippen LogP contribution in [-0.4, -0.2) is 0 Å². The maximum absolute atomic E-state index is 13.4. The van der Waals surface area contributed by atoms with Gasteiger partial charge in [-0.3, -0.25) is 0 Å². The largest absolute Gasteiger partial charge is 0.207 e. The molecule has 2 aliphatic rings. The van der Waals surface area contributed by atoms with Gasteiger partial charge in [-0.25, -0.2) is 8.78 Å². The first kappa shape index (κ1) is 16.8. The summed E-state index contributed by atoms with van der Waals surface area (Å²) in [4.78, 5) is 0. The molecule has 0 spiro atoms. The Morgan fingerprint density at radius 2 is 1.36 bits per heavy atom. The molecule has 2 fully saturated rings. The maximum atomic E-state index is 13.4. The fraction of sp³-hybridized carbons (Fsp3) is 0.478. The van der Waals surface area contributed by atoms with Crippen LogP contribution in [0, 0.1) is 29.4 Å². The van der Waals surface area contributed by atoms with Gasteiger partial charge in [0.25, 0.3) is 0 Å². The second kappa shape index (κ2) is 6.90. The number of benzene rings is 2. The van der Waals surface area contributed by atoms with Crippen LogP contribution in [0.5, 0.6) is 0 Å². The Morgan fingerprint density at radius 3 is 2.08 bits per heavy atom. The molecule has 2 heteroatoms. The van der Waals surface area contributed by atoms with Crippen molar-refractivity contribution in [2.24, 2.45) is 17.8 Å². The second-order valence-electron chi connectivity index (χ2n) is 8.23. The van der Waals surface area contributed by atoms with Gasteiger partial charge < -0.3 is 0 Å². The summed E-state index contributed by atoms with van der Waals surface area (Å²) >= 11 is 0. The molecule has 0 radical (unpaired) electrons. The van der Waals surface area contributed by atoms with Crippen molar-refractivity contribution in [2.75, 3.05) is 0 Å². The van der Waals surface area contributed by atoms with E-state index in [0.717, 1.165) is 29.4 Å². The zero-order valence-corrected chi connectivity index (χ0v) is 14.8. The highest BCUT2D eigenvalue weighted by atomic mass is 19.1. The van der Waals surface area contributed by atoms with Crippen molar-refractivity contribution < 1.29 is 8.78 Å². The lowest BCUT2D eigenvalue weighted by Gasteiger charge is -2.41. The van der Waals surface area contributed by atoms with Gasteiger partial charge >= 0.3 is 0 Å². The fourth-order valence-corrected chi connectivity index (χ4v) is 5.09. The summed E-state index contributed by atoms with van der Waals surface area (Å²) in [7, 11) is 0. The van der Waals surface area contributed by atoms with Crippen LogP contribution in [0.1, 0.15) is 56.9 Å². The van der Waals surface area contributed by atoms with Gasteiger partial charge in [-0.2, -0.15) is 0 Å². The minimum Gasteiger partial charge on any atom is -0.207 e. The smallest absolute Gasteiger partial charge is 0.126 e. The molecule has 132 valence electrons. The molecule has 2 aliphatic carbocycles. The van der Waals surface area contributed by atoms with Crippen LogP contribution in [0.15, 0.2) is 42.5 Å². The van der Waals surface area contributed by atoms with Crippen LogP contribution in [-0.2, 0) is 0 Å². The molecule has 0 aromatic heterocycles. The van der Waals surface area contributed by atoms with E-state index in [-0.39, 0.29) is 0 Å². The summed E-state index contributed by atoms with van der Waals surface area (Å²) < 4.78 is 26.9. The molecular weight excluding hydrogens is 314 g/mol. The third kappa shape index (κ3) is 3.63. The monoisotopic (exact) mass is 340 g/mol. The molecule has 4 rings (SSSR count). The number of hydrogen-bond acceptors (Lipinski definition) is 0. The Hall–Kier alpha value is -1.70. The lowest BCUT2D eigenvalue weighted by molar-refractivity contribution is 0.124. The van der Waals surface area contributed by atoms with Crippen molar-refractivity contribution in [3.63, 3.8) is 0 Å². The zero-order chi connectivity index (χ0) is 17.4. The third-order valence-electron chi connectivity index (χ3n) is 6.45. The molecule has 4 unspecified atom stereocenters. The van der Waals surface area contributed by atoms with E-state index in [2.05, 4.69) is 19.1 Å². The minimum absolute atomic E-state index is 0.524. The fourth-order valence-electron chi connectivity index (χ4n) is 5.09. The number of halogens is 2. The molecule has 0 heterocycles. The first-order valence-corrected chi connectivity index (χ1v) is 9.65. The quantitative estimate of drug-likeness (QED) is 0.555. The highest BCUT2D eigenvalue weighted by Crippen LogP contribution is 2.47. The van der Waals surface area contributed by atoms with Crippen molar-refractivity contribution in [3.05, 3.63) is 59.7 Å². The van der Waals surface area contributed by atoms with E-state index in [0.29, 0.717) is 11.5 Å². The average Bonchev–Trinajstić information content (AvgIpc) is 2.60. The summed E-state index contributed by atoms with van der Waals surface area (Å²) in [5, 5.41) is 0. The van der Waals surface area contributed by atoms with Crippen molar-refractivity contribution >= 4 is 0 Å². The van der Waals surface area contributed by atoms with Crippen LogP contribution in [0.25, 0.3) is 11.1 Å². The van der Waals surface area contributed by atoms with Gasteiger partial charge in [0.15, 0.2) is 0 Å². The Morgan fingerprint density at radius 1 is 0.720 bits per heavy atom. The van der Waals surface area contributed by atoms with E-state index >= 15 is 0 Å². The summed E-state index contributed by atoms with van der Waals surface area (Å²) in [6.07, 6.45) is 8.14. The van der Waals surface area contributed by atoms with Gasteiger partial charge in [-0.05, 0) is 84.6 Å². The molecule has 0 bridgehead atoms. The van der Waals surface area contributed by atoms with E-state index in [4.69, 9.17) is 0 Å².